The summed E-state index contributed by atoms with van der Waals surface area (Å²) in [7, 11) is 1.33. The van der Waals surface area contributed by atoms with Gasteiger partial charge in [-0.3, -0.25) is 9.20 Å². The maximum Gasteiger partial charge on any atom is 0.337 e. The van der Waals surface area contributed by atoms with Gasteiger partial charge in [0.2, 0.25) is 4.96 Å². The number of aryl methyl sites for hydroxylation is 1. The Morgan fingerprint density at radius 2 is 1.88 bits per heavy atom. The third kappa shape index (κ3) is 3.12. The molecule has 130 valence electrons. The number of hydrogen-bond donors (Lipinski definition) is 1. The largest absolute Gasteiger partial charge is 0.465 e. The van der Waals surface area contributed by atoms with Crippen molar-refractivity contribution in [3.63, 3.8) is 0 Å². The van der Waals surface area contributed by atoms with E-state index in [0.717, 1.165) is 11.5 Å². The van der Waals surface area contributed by atoms with E-state index in [9.17, 15) is 9.59 Å². The Morgan fingerprint density at radius 3 is 2.48 bits per heavy atom. The number of thiazole rings is 1. The molecule has 0 unspecified atom stereocenters. The second-order valence-corrected chi connectivity index (χ2v) is 6.85. The highest BCUT2D eigenvalue weighted by Crippen LogP contribution is 2.26. The Kier molecular flexibility index (Phi) is 4.54. The average Bonchev–Trinajstić information content (AvgIpc) is 3.15. The van der Waals surface area contributed by atoms with E-state index in [-0.39, 0.29) is 11.8 Å². The van der Waals surface area contributed by atoms with Crippen molar-refractivity contribution in [1.29, 1.82) is 0 Å². The van der Waals surface area contributed by atoms with E-state index >= 15 is 0 Å². The molecule has 1 amide bonds. The molecule has 0 aliphatic carbocycles. The van der Waals surface area contributed by atoms with Crippen LogP contribution in [-0.4, -0.2) is 33.6 Å². The second kappa shape index (κ2) is 6.64. The lowest BCUT2D eigenvalue weighted by Crippen LogP contribution is -2.12. The van der Waals surface area contributed by atoms with Crippen LogP contribution in [-0.2, 0) is 4.74 Å². The first kappa shape index (κ1) is 17.1. The molecule has 1 N–H and O–H groups in total. The zero-order chi connectivity index (χ0) is 18.1. The maximum atomic E-state index is 12.6. The molecule has 8 heteroatoms. The summed E-state index contributed by atoms with van der Waals surface area (Å²) < 4.78 is 6.58. The summed E-state index contributed by atoms with van der Waals surface area (Å²) in [6, 6.07) is 6.55. The normalized spacial score (nSPS) is 11.1. The molecular weight excluding hydrogens is 340 g/mol. The minimum absolute atomic E-state index is 0.213. The van der Waals surface area contributed by atoms with Gasteiger partial charge >= 0.3 is 5.97 Å². The van der Waals surface area contributed by atoms with Crippen LogP contribution in [0.1, 0.15) is 51.3 Å². The van der Waals surface area contributed by atoms with Crippen molar-refractivity contribution in [1.82, 2.24) is 14.6 Å². The Bertz CT molecular complexity index is 941. The molecule has 0 saturated carbocycles. The van der Waals surface area contributed by atoms with Gasteiger partial charge in [0, 0.05) is 17.3 Å². The van der Waals surface area contributed by atoms with E-state index in [1.54, 1.807) is 24.3 Å². The smallest absolute Gasteiger partial charge is 0.337 e. The van der Waals surface area contributed by atoms with Gasteiger partial charge in [-0.15, -0.1) is 10.2 Å². The molecule has 0 aliphatic heterocycles. The Hall–Kier alpha value is -2.74. The van der Waals surface area contributed by atoms with E-state index in [4.69, 9.17) is 0 Å². The van der Waals surface area contributed by atoms with Crippen LogP contribution >= 0.6 is 11.3 Å². The lowest BCUT2D eigenvalue weighted by molar-refractivity contribution is 0.0600. The standard InChI is InChI=1S/C17H18N4O3S/c1-9(2)14-19-20-17-21(14)10(3)13(25-17)15(22)18-12-7-5-11(6-8-12)16(23)24-4/h5-9H,1-4H3,(H,18,22). The molecule has 2 aromatic heterocycles. The van der Waals surface area contributed by atoms with Gasteiger partial charge < -0.3 is 10.1 Å². The Balaban J connectivity index is 1.85. The third-order valence-electron chi connectivity index (χ3n) is 3.80. The van der Waals surface area contributed by atoms with Crippen LogP contribution in [0.5, 0.6) is 0 Å². The number of benzene rings is 1. The molecule has 1 aromatic carbocycles. The number of ether oxygens (including phenoxy) is 1. The monoisotopic (exact) mass is 358 g/mol. The van der Waals surface area contributed by atoms with Crippen LogP contribution in [0.3, 0.4) is 0 Å². The molecule has 2 heterocycles. The predicted molar refractivity (Wildman–Crippen MR) is 95.4 cm³/mol. The lowest BCUT2D eigenvalue weighted by Gasteiger charge is -2.06. The fourth-order valence-electron chi connectivity index (χ4n) is 2.51. The summed E-state index contributed by atoms with van der Waals surface area (Å²) in [5.41, 5.74) is 1.85. The number of fused-ring (bicyclic) bond motifs is 1. The topological polar surface area (TPSA) is 85.6 Å². The summed E-state index contributed by atoms with van der Waals surface area (Å²) in [6.07, 6.45) is 0. The van der Waals surface area contributed by atoms with Crippen LogP contribution in [0.25, 0.3) is 4.96 Å². The number of carbonyl (C=O) groups is 2. The van der Waals surface area contributed by atoms with E-state index in [2.05, 4.69) is 20.3 Å². The number of rotatable bonds is 4. The van der Waals surface area contributed by atoms with Gasteiger partial charge in [0.15, 0.2) is 0 Å². The first-order valence-electron chi connectivity index (χ1n) is 7.76. The van der Waals surface area contributed by atoms with Gasteiger partial charge in [-0.05, 0) is 31.2 Å². The number of nitrogens with one attached hydrogen (secondary N) is 1. The van der Waals surface area contributed by atoms with Crippen LogP contribution in [0.4, 0.5) is 5.69 Å². The zero-order valence-corrected chi connectivity index (χ0v) is 15.2. The predicted octanol–water partition coefficient (Wildman–Crippen LogP) is 3.26. The van der Waals surface area contributed by atoms with Gasteiger partial charge in [-0.2, -0.15) is 0 Å². The highest BCUT2D eigenvalue weighted by molar-refractivity contribution is 7.19. The molecule has 0 bridgehead atoms. The molecule has 0 fully saturated rings. The highest BCUT2D eigenvalue weighted by Gasteiger charge is 2.21. The molecule has 3 rings (SSSR count). The minimum atomic E-state index is -0.415. The highest BCUT2D eigenvalue weighted by atomic mass is 32.1. The van der Waals surface area contributed by atoms with E-state index < -0.39 is 5.97 Å². The van der Waals surface area contributed by atoms with Crippen molar-refractivity contribution >= 4 is 33.9 Å². The summed E-state index contributed by atoms with van der Waals surface area (Å²) in [4.78, 5) is 25.3. The van der Waals surface area contributed by atoms with Crippen LogP contribution in [0.2, 0.25) is 0 Å². The number of amides is 1. The molecule has 0 radical (unpaired) electrons. The molecule has 0 aliphatic rings. The fourth-order valence-corrected chi connectivity index (χ4v) is 3.48. The molecule has 0 saturated heterocycles. The van der Waals surface area contributed by atoms with Gasteiger partial charge in [0.25, 0.3) is 5.91 Å². The number of aromatic nitrogens is 3. The number of hydrogen-bond acceptors (Lipinski definition) is 6. The van der Waals surface area contributed by atoms with Crippen molar-refractivity contribution in [2.24, 2.45) is 0 Å². The summed E-state index contributed by atoms with van der Waals surface area (Å²) in [6.45, 7) is 5.96. The SMILES string of the molecule is COC(=O)c1ccc(NC(=O)c2sc3nnc(C(C)C)n3c2C)cc1. The fraction of sp³-hybridized carbons (Fsp3) is 0.294. The Morgan fingerprint density at radius 1 is 1.20 bits per heavy atom. The van der Waals surface area contributed by atoms with Crippen molar-refractivity contribution < 1.29 is 14.3 Å². The number of esters is 1. The van der Waals surface area contributed by atoms with Crippen molar-refractivity contribution in [2.45, 2.75) is 26.7 Å². The molecule has 0 spiro atoms. The minimum Gasteiger partial charge on any atom is -0.465 e. The number of methoxy groups -OCH3 is 1. The molecule has 7 nitrogen and oxygen atoms in total. The first-order chi connectivity index (χ1) is 11.9. The van der Waals surface area contributed by atoms with E-state index in [1.165, 1.54) is 18.4 Å². The van der Waals surface area contributed by atoms with E-state index in [1.807, 2.05) is 25.2 Å². The van der Waals surface area contributed by atoms with Gasteiger partial charge in [0.1, 0.15) is 10.7 Å². The zero-order valence-electron chi connectivity index (χ0n) is 14.4. The number of carbonyl (C=O) groups excluding carboxylic acids is 2. The first-order valence-corrected chi connectivity index (χ1v) is 8.58. The van der Waals surface area contributed by atoms with Crippen LogP contribution in [0.15, 0.2) is 24.3 Å². The number of nitrogens with zero attached hydrogens (tertiary/aromatic N) is 3. The van der Waals surface area contributed by atoms with Crippen molar-refractivity contribution in [3.05, 3.63) is 46.2 Å². The molecule has 3 aromatic rings. The summed E-state index contributed by atoms with van der Waals surface area (Å²) in [5, 5.41) is 11.2. The number of anilines is 1. The third-order valence-corrected chi connectivity index (χ3v) is 4.93. The summed E-state index contributed by atoms with van der Waals surface area (Å²) >= 11 is 1.30. The van der Waals surface area contributed by atoms with Gasteiger partial charge in [-0.1, -0.05) is 25.2 Å². The van der Waals surface area contributed by atoms with Crippen LogP contribution in [0, 0.1) is 6.92 Å². The van der Waals surface area contributed by atoms with Crippen LogP contribution < -0.4 is 5.32 Å². The van der Waals surface area contributed by atoms with Crippen molar-refractivity contribution in [3.8, 4) is 0 Å². The van der Waals surface area contributed by atoms with Gasteiger partial charge in [0.05, 0.1) is 12.7 Å². The molecule has 25 heavy (non-hydrogen) atoms. The lowest BCUT2D eigenvalue weighted by atomic mass is 10.2. The second-order valence-electron chi connectivity index (χ2n) is 5.87. The molecular formula is C17H18N4O3S. The average molecular weight is 358 g/mol. The van der Waals surface area contributed by atoms with E-state index in [0.29, 0.717) is 21.1 Å². The molecule has 0 atom stereocenters. The summed E-state index contributed by atoms with van der Waals surface area (Å²) in [5.74, 6) is 0.422. The quantitative estimate of drug-likeness (QED) is 0.724. The van der Waals surface area contributed by atoms with Gasteiger partial charge in [-0.25, -0.2) is 4.79 Å². The maximum absolute atomic E-state index is 12.6. The Labute approximate surface area is 148 Å². The van der Waals surface area contributed by atoms with Crippen molar-refractivity contribution in [2.75, 3.05) is 12.4 Å².